The number of carbonyl (C=O) groups is 2. The van der Waals surface area contributed by atoms with Gasteiger partial charge in [-0.15, -0.1) is 0 Å². The van der Waals surface area contributed by atoms with E-state index < -0.39 is 5.60 Å². The number of allylic oxidation sites excluding steroid dienone is 5. The topological polar surface area (TPSA) is 63.6 Å². The van der Waals surface area contributed by atoms with Crippen LogP contribution < -0.4 is 0 Å². The normalized spacial score (nSPS) is 21.9. The minimum Gasteiger partial charge on any atom is -0.469 e. The molecule has 0 aromatic rings. The highest BCUT2D eigenvalue weighted by Gasteiger charge is 2.39. The third-order valence-electron chi connectivity index (χ3n) is 4.24. The summed E-state index contributed by atoms with van der Waals surface area (Å²) in [6.07, 6.45) is 17.8. The molecule has 1 atom stereocenters. The van der Waals surface area contributed by atoms with E-state index in [4.69, 9.17) is 0 Å². The molecule has 0 amide bonds. The molecular weight excluding hydrogens is 443 g/mol. The molecule has 0 bridgehead atoms. The molecule has 1 N–H and O–H groups in total. The molecule has 0 saturated heterocycles. The lowest BCUT2D eigenvalue weighted by Gasteiger charge is -2.20. The van der Waals surface area contributed by atoms with Gasteiger partial charge in [-0.3, -0.25) is 9.59 Å². The molecule has 4 nitrogen and oxygen atoms in total. The summed E-state index contributed by atoms with van der Waals surface area (Å²) in [6, 6.07) is 0. The van der Waals surface area contributed by atoms with E-state index in [1.807, 2.05) is 34.7 Å². The minimum absolute atomic E-state index is 0.119. The van der Waals surface area contributed by atoms with Crippen LogP contribution in [0.2, 0.25) is 0 Å². The van der Waals surface area contributed by atoms with Gasteiger partial charge in [0.2, 0.25) is 0 Å². The van der Waals surface area contributed by atoms with Crippen molar-refractivity contribution in [1.82, 2.24) is 0 Å². The molecule has 1 aliphatic rings. The van der Waals surface area contributed by atoms with Crippen LogP contribution >= 0.6 is 22.6 Å². The van der Waals surface area contributed by atoms with E-state index in [1.54, 1.807) is 18.2 Å². The van der Waals surface area contributed by atoms with E-state index in [0.29, 0.717) is 34.8 Å². The van der Waals surface area contributed by atoms with Crippen LogP contribution in [0.25, 0.3) is 0 Å². The molecule has 1 unspecified atom stereocenters. The van der Waals surface area contributed by atoms with E-state index in [2.05, 4.69) is 17.7 Å². The lowest BCUT2D eigenvalue weighted by atomic mass is 9.92. The summed E-state index contributed by atoms with van der Waals surface area (Å²) in [5.41, 5.74) is -0.824. The van der Waals surface area contributed by atoms with Crippen LogP contribution in [0.15, 0.2) is 45.6 Å². The Bertz CT molecular complexity index is 601. The van der Waals surface area contributed by atoms with E-state index in [1.165, 1.54) is 20.0 Å². The monoisotopic (exact) mass is 472 g/mol. The number of Topliss-reactive ketones (excluding diaryl/α,β-unsaturated/α-hetero) is 1. The number of ether oxygens (including phenoxy) is 1. The number of methoxy groups -OCH3 is 1. The molecule has 1 rings (SSSR count). The average molecular weight is 472 g/mol. The van der Waals surface area contributed by atoms with Gasteiger partial charge >= 0.3 is 5.97 Å². The zero-order valence-electron chi connectivity index (χ0n) is 15.7. The van der Waals surface area contributed by atoms with Gasteiger partial charge in [0.05, 0.1) is 10.7 Å². The molecule has 0 aromatic heterocycles. The van der Waals surface area contributed by atoms with Gasteiger partial charge in [0, 0.05) is 18.4 Å². The smallest absolute Gasteiger partial charge is 0.305 e. The van der Waals surface area contributed by atoms with E-state index >= 15 is 0 Å². The van der Waals surface area contributed by atoms with Gasteiger partial charge in [-0.2, -0.15) is 0 Å². The average Bonchev–Trinajstić information content (AvgIpc) is 2.83. The molecule has 0 aliphatic heterocycles. The second-order valence-corrected chi connectivity index (χ2v) is 7.56. The van der Waals surface area contributed by atoms with Gasteiger partial charge in [0.15, 0.2) is 5.78 Å². The summed E-state index contributed by atoms with van der Waals surface area (Å²) in [5.74, 6) is -0.340. The van der Waals surface area contributed by atoms with Crippen LogP contribution in [0.5, 0.6) is 0 Å². The molecule has 1 aliphatic carbocycles. The lowest BCUT2D eigenvalue weighted by molar-refractivity contribution is -0.140. The number of ketones is 1. The minimum atomic E-state index is -1.23. The fourth-order valence-electron chi connectivity index (χ4n) is 2.69. The number of unbranched alkanes of at least 4 members (excludes halogenated alkanes) is 4. The van der Waals surface area contributed by atoms with Crippen LogP contribution in [-0.4, -0.2) is 29.6 Å². The molecule has 0 saturated carbocycles. The van der Waals surface area contributed by atoms with E-state index in [-0.39, 0.29) is 11.8 Å². The Balaban J connectivity index is 2.62. The predicted molar refractivity (Wildman–Crippen MR) is 113 cm³/mol. The number of hydrogen-bond acceptors (Lipinski definition) is 4. The number of esters is 1. The van der Waals surface area contributed by atoms with Gasteiger partial charge in [-0.05, 0) is 54.4 Å². The van der Waals surface area contributed by atoms with Crippen molar-refractivity contribution in [3.8, 4) is 0 Å². The van der Waals surface area contributed by atoms with Crippen LogP contribution in [0.1, 0.15) is 58.3 Å². The first-order chi connectivity index (χ1) is 12.4. The third kappa shape index (κ3) is 7.58. The van der Waals surface area contributed by atoms with Crippen LogP contribution in [0.3, 0.4) is 0 Å². The van der Waals surface area contributed by atoms with Crippen molar-refractivity contribution in [1.29, 1.82) is 0 Å². The lowest BCUT2D eigenvalue weighted by Crippen LogP contribution is -2.27. The molecule has 0 spiro atoms. The summed E-state index contributed by atoms with van der Waals surface area (Å²) in [5, 5.41) is 10.9. The predicted octanol–water partition coefficient (Wildman–Crippen LogP) is 4.97. The van der Waals surface area contributed by atoms with E-state index in [0.717, 1.165) is 12.8 Å². The van der Waals surface area contributed by atoms with Crippen molar-refractivity contribution in [2.24, 2.45) is 0 Å². The van der Waals surface area contributed by atoms with Crippen molar-refractivity contribution < 1.29 is 19.4 Å². The van der Waals surface area contributed by atoms with Crippen molar-refractivity contribution >= 4 is 34.3 Å². The van der Waals surface area contributed by atoms with Gasteiger partial charge in [0.25, 0.3) is 0 Å². The molecule has 26 heavy (non-hydrogen) atoms. The Kier molecular flexibility index (Phi) is 10.7. The molecule has 144 valence electrons. The summed E-state index contributed by atoms with van der Waals surface area (Å²) in [4.78, 5) is 23.4. The number of rotatable bonds is 11. The Hall–Kier alpha value is -1.21. The third-order valence-corrected chi connectivity index (χ3v) is 5.04. The maximum absolute atomic E-state index is 12.3. The zero-order chi connectivity index (χ0) is 19.4. The summed E-state index contributed by atoms with van der Waals surface area (Å²) in [7, 11) is 1.38. The number of aliphatic hydroxyl groups is 1. The highest BCUT2D eigenvalue weighted by atomic mass is 127. The van der Waals surface area contributed by atoms with Gasteiger partial charge in [-0.25, -0.2) is 0 Å². The largest absolute Gasteiger partial charge is 0.469 e. The van der Waals surface area contributed by atoms with E-state index in [9.17, 15) is 14.7 Å². The maximum Gasteiger partial charge on any atom is 0.305 e. The highest BCUT2D eigenvalue weighted by molar-refractivity contribution is 14.1. The first-order valence-electron chi connectivity index (χ1n) is 9.19. The number of carbonyl (C=O) groups excluding carboxylic acids is 2. The molecule has 0 fully saturated rings. The molecule has 0 radical (unpaired) electrons. The standard InChI is InChI=1S/C21H29IO4/c1-3-4-5-6-9-12-15-21(25)16-18(22)20(24)17(21)13-10-7-8-11-14-19(23)26-2/h7,9-10,12-13,16,25H,3-6,8,11,14-15H2,1-2H3/b10-7-,12-9-,17-13+. The number of halogens is 1. The molecule has 0 aromatic carbocycles. The van der Waals surface area contributed by atoms with Gasteiger partial charge in [0.1, 0.15) is 5.60 Å². The molecule has 0 heterocycles. The maximum atomic E-state index is 12.3. The fraction of sp³-hybridized carbons (Fsp3) is 0.524. The Morgan fingerprint density at radius 1 is 1.23 bits per heavy atom. The van der Waals surface area contributed by atoms with Gasteiger partial charge < -0.3 is 9.84 Å². The van der Waals surface area contributed by atoms with Crippen molar-refractivity contribution in [3.63, 3.8) is 0 Å². The molecule has 5 heteroatoms. The fourth-order valence-corrected chi connectivity index (χ4v) is 3.49. The zero-order valence-corrected chi connectivity index (χ0v) is 17.8. The van der Waals surface area contributed by atoms with Crippen LogP contribution in [0.4, 0.5) is 0 Å². The first kappa shape index (κ1) is 22.8. The second kappa shape index (κ2) is 12.2. The summed E-state index contributed by atoms with van der Waals surface area (Å²) >= 11 is 1.97. The quantitative estimate of drug-likeness (QED) is 0.152. The summed E-state index contributed by atoms with van der Waals surface area (Å²) < 4.78 is 5.14. The second-order valence-electron chi connectivity index (χ2n) is 6.39. The number of hydrogen-bond donors (Lipinski definition) is 1. The Morgan fingerprint density at radius 2 is 1.96 bits per heavy atom. The van der Waals surface area contributed by atoms with Crippen LogP contribution in [0, 0.1) is 0 Å². The van der Waals surface area contributed by atoms with Gasteiger partial charge in [-0.1, -0.05) is 50.1 Å². The van der Waals surface area contributed by atoms with Crippen LogP contribution in [-0.2, 0) is 14.3 Å². The highest BCUT2D eigenvalue weighted by Crippen LogP contribution is 2.36. The Labute approximate surface area is 170 Å². The molecular formula is C21H29IO4. The SMILES string of the molecule is CCCCC/C=C\CC1(O)C=C(I)C(=O)/C1=C\C=C/CCCC(=O)OC. The van der Waals surface area contributed by atoms with Crippen molar-refractivity contribution in [3.05, 3.63) is 45.6 Å². The Morgan fingerprint density at radius 3 is 2.65 bits per heavy atom. The van der Waals surface area contributed by atoms with Crippen molar-refractivity contribution in [2.75, 3.05) is 7.11 Å². The van der Waals surface area contributed by atoms with Crippen molar-refractivity contribution in [2.45, 2.75) is 63.9 Å². The first-order valence-corrected chi connectivity index (χ1v) is 10.3. The summed E-state index contributed by atoms with van der Waals surface area (Å²) in [6.45, 7) is 2.17.